The van der Waals surface area contributed by atoms with Gasteiger partial charge in [-0.15, -0.1) is 0 Å². The molecule has 0 aromatic heterocycles. The average Bonchev–Trinajstić information content (AvgIpc) is 2.36. The fraction of sp³-hybridized carbons (Fsp3) is 0.571. The summed E-state index contributed by atoms with van der Waals surface area (Å²) in [5.41, 5.74) is -0.739. The third-order valence-corrected chi connectivity index (χ3v) is 3.53. The molecule has 0 atom stereocenters. The molecule has 1 aromatic rings. The maximum Gasteiger partial charge on any atom is 0.416 e. The lowest BCUT2D eigenvalue weighted by Gasteiger charge is -2.44. The van der Waals surface area contributed by atoms with E-state index in [1.54, 1.807) is 6.07 Å². The first-order valence-electron chi connectivity index (χ1n) is 6.42. The summed E-state index contributed by atoms with van der Waals surface area (Å²) in [6.45, 7) is 4.74. The summed E-state index contributed by atoms with van der Waals surface area (Å²) in [6, 6.07) is 4.07. The molecule has 1 aliphatic rings. The fourth-order valence-corrected chi connectivity index (χ4v) is 2.47. The number of halogens is 3. The molecule has 112 valence electrons. The van der Waals surface area contributed by atoms with Crippen molar-refractivity contribution >= 4 is 5.69 Å². The van der Waals surface area contributed by atoms with E-state index < -0.39 is 18.3 Å². The van der Waals surface area contributed by atoms with E-state index >= 15 is 0 Å². The third-order valence-electron chi connectivity index (χ3n) is 3.53. The molecule has 20 heavy (non-hydrogen) atoms. The number of aliphatic hydroxyl groups is 1. The van der Waals surface area contributed by atoms with Crippen LogP contribution in [0, 0.1) is 0 Å². The fourth-order valence-electron chi connectivity index (χ4n) is 2.47. The molecule has 0 aliphatic carbocycles. The van der Waals surface area contributed by atoms with Gasteiger partial charge >= 0.3 is 6.18 Å². The number of anilines is 1. The maximum atomic E-state index is 13.0. The lowest BCUT2D eigenvalue weighted by molar-refractivity contribution is -0.138. The van der Waals surface area contributed by atoms with E-state index in [1.165, 1.54) is 6.07 Å². The Morgan fingerprint density at radius 2 is 2.05 bits per heavy atom. The van der Waals surface area contributed by atoms with Gasteiger partial charge in [-0.2, -0.15) is 13.2 Å². The first-order valence-corrected chi connectivity index (χ1v) is 6.42. The molecule has 1 aromatic carbocycles. The first kappa shape index (κ1) is 15.1. The molecule has 1 N–H and O–H groups in total. The van der Waals surface area contributed by atoms with Crippen LogP contribution in [0.1, 0.15) is 25.0 Å². The maximum absolute atomic E-state index is 13.0. The van der Waals surface area contributed by atoms with Crippen molar-refractivity contribution in [2.45, 2.75) is 32.2 Å². The summed E-state index contributed by atoms with van der Waals surface area (Å²) < 4.78 is 44.4. The van der Waals surface area contributed by atoms with Crippen molar-refractivity contribution in [3.05, 3.63) is 29.3 Å². The van der Waals surface area contributed by atoms with Crippen LogP contribution < -0.4 is 4.90 Å². The van der Waals surface area contributed by atoms with Crippen LogP contribution in [0.15, 0.2) is 18.2 Å². The van der Waals surface area contributed by atoms with Crippen LogP contribution in [-0.4, -0.2) is 30.4 Å². The van der Waals surface area contributed by atoms with Crippen molar-refractivity contribution in [2.24, 2.45) is 0 Å². The molecule has 6 heteroatoms. The van der Waals surface area contributed by atoms with Crippen LogP contribution in [0.25, 0.3) is 0 Å². The standard InChI is InChI=1S/C14H18F3NO2/c1-13(2)9-20-6-5-18(13)11-4-3-10(8-19)12(7-11)14(15,16)17/h3-4,7,19H,5-6,8-9H2,1-2H3. The normalized spacial score (nSPS) is 19.2. The van der Waals surface area contributed by atoms with Crippen LogP contribution in [0.4, 0.5) is 18.9 Å². The zero-order chi connectivity index (χ0) is 15.0. The highest BCUT2D eigenvalue weighted by Gasteiger charge is 2.36. The second kappa shape index (κ2) is 5.26. The van der Waals surface area contributed by atoms with Gasteiger partial charge in [-0.05, 0) is 31.5 Å². The second-order valence-electron chi connectivity index (χ2n) is 5.51. The molecule has 1 heterocycles. The minimum atomic E-state index is -4.47. The molecule has 2 rings (SSSR count). The predicted molar refractivity (Wildman–Crippen MR) is 69.6 cm³/mol. The van der Waals surface area contributed by atoms with E-state index in [9.17, 15) is 13.2 Å². The van der Waals surface area contributed by atoms with E-state index in [0.29, 0.717) is 25.4 Å². The summed E-state index contributed by atoms with van der Waals surface area (Å²) in [4.78, 5) is 1.91. The highest BCUT2D eigenvalue weighted by Crippen LogP contribution is 2.36. The minimum Gasteiger partial charge on any atom is -0.392 e. The Morgan fingerprint density at radius 1 is 1.35 bits per heavy atom. The topological polar surface area (TPSA) is 32.7 Å². The number of hydrogen-bond acceptors (Lipinski definition) is 3. The summed E-state index contributed by atoms with van der Waals surface area (Å²) >= 11 is 0. The lowest BCUT2D eigenvalue weighted by atomic mass is 9.99. The van der Waals surface area contributed by atoms with Crippen molar-refractivity contribution in [1.82, 2.24) is 0 Å². The van der Waals surface area contributed by atoms with Gasteiger partial charge in [-0.3, -0.25) is 0 Å². The number of alkyl halides is 3. The monoisotopic (exact) mass is 289 g/mol. The van der Waals surface area contributed by atoms with E-state index in [2.05, 4.69) is 0 Å². The summed E-state index contributed by atoms with van der Waals surface area (Å²) in [5.74, 6) is 0. The SMILES string of the molecule is CC1(C)COCCN1c1ccc(CO)c(C(F)(F)F)c1. The van der Waals surface area contributed by atoms with Gasteiger partial charge in [0.25, 0.3) is 0 Å². The highest BCUT2D eigenvalue weighted by molar-refractivity contribution is 5.54. The van der Waals surface area contributed by atoms with E-state index in [1.807, 2.05) is 18.7 Å². The number of nitrogens with zero attached hydrogens (tertiary/aromatic N) is 1. The smallest absolute Gasteiger partial charge is 0.392 e. The Bertz CT molecular complexity index is 486. The molecule has 0 spiro atoms. The van der Waals surface area contributed by atoms with Crippen LogP contribution in [0.2, 0.25) is 0 Å². The van der Waals surface area contributed by atoms with Gasteiger partial charge in [0.2, 0.25) is 0 Å². The van der Waals surface area contributed by atoms with Crippen molar-refractivity contribution in [3.8, 4) is 0 Å². The largest absolute Gasteiger partial charge is 0.416 e. The summed E-state index contributed by atoms with van der Waals surface area (Å²) in [7, 11) is 0. The Balaban J connectivity index is 2.43. The van der Waals surface area contributed by atoms with E-state index in [0.717, 1.165) is 6.07 Å². The van der Waals surface area contributed by atoms with Gasteiger partial charge in [0.05, 0.1) is 30.9 Å². The first-order chi connectivity index (χ1) is 9.25. The molecule has 0 unspecified atom stereocenters. The average molecular weight is 289 g/mol. The Kier molecular flexibility index (Phi) is 3.97. The minimum absolute atomic E-state index is 0.104. The zero-order valence-corrected chi connectivity index (χ0v) is 11.5. The molecule has 1 aliphatic heterocycles. The van der Waals surface area contributed by atoms with E-state index in [-0.39, 0.29) is 11.1 Å². The molecular formula is C14H18F3NO2. The molecule has 3 nitrogen and oxygen atoms in total. The number of rotatable bonds is 2. The van der Waals surface area contributed by atoms with Crippen molar-refractivity contribution in [2.75, 3.05) is 24.7 Å². The predicted octanol–water partition coefficient (Wildman–Crippen LogP) is 2.81. The van der Waals surface area contributed by atoms with Crippen molar-refractivity contribution in [3.63, 3.8) is 0 Å². The molecule has 0 radical (unpaired) electrons. The van der Waals surface area contributed by atoms with Gasteiger partial charge in [0.15, 0.2) is 0 Å². The van der Waals surface area contributed by atoms with Crippen molar-refractivity contribution in [1.29, 1.82) is 0 Å². The van der Waals surface area contributed by atoms with Crippen LogP contribution in [0.3, 0.4) is 0 Å². The van der Waals surface area contributed by atoms with Crippen LogP contribution >= 0.6 is 0 Å². The number of ether oxygens (including phenoxy) is 1. The number of benzene rings is 1. The molecule has 1 saturated heterocycles. The second-order valence-corrected chi connectivity index (χ2v) is 5.51. The quantitative estimate of drug-likeness (QED) is 0.908. The zero-order valence-electron chi connectivity index (χ0n) is 11.5. The summed E-state index contributed by atoms with van der Waals surface area (Å²) in [5, 5.41) is 9.05. The van der Waals surface area contributed by atoms with Gasteiger partial charge in [-0.1, -0.05) is 6.07 Å². The molecular weight excluding hydrogens is 271 g/mol. The number of aliphatic hydroxyl groups excluding tert-OH is 1. The van der Waals surface area contributed by atoms with Gasteiger partial charge in [-0.25, -0.2) is 0 Å². The number of hydrogen-bond donors (Lipinski definition) is 1. The third kappa shape index (κ3) is 2.91. The Hall–Kier alpha value is -1.27. The van der Waals surface area contributed by atoms with E-state index in [4.69, 9.17) is 9.84 Å². The Labute approximate surface area is 116 Å². The Morgan fingerprint density at radius 3 is 2.60 bits per heavy atom. The van der Waals surface area contributed by atoms with Gasteiger partial charge < -0.3 is 14.7 Å². The molecule has 0 amide bonds. The van der Waals surface area contributed by atoms with Crippen molar-refractivity contribution < 1.29 is 23.0 Å². The van der Waals surface area contributed by atoms with Gasteiger partial charge in [0, 0.05) is 12.2 Å². The highest BCUT2D eigenvalue weighted by atomic mass is 19.4. The lowest BCUT2D eigenvalue weighted by Crippen LogP contribution is -2.53. The molecule has 0 bridgehead atoms. The summed E-state index contributed by atoms with van der Waals surface area (Å²) in [6.07, 6.45) is -4.47. The number of morpholine rings is 1. The van der Waals surface area contributed by atoms with Crippen LogP contribution in [-0.2, 0) is 17.5 Å². The van der Waals surface area contributed by atoms with Crippen LogP contribution in [0.5, 0.6) is 0 Å². The molecule has 0 saturated carbocycles. The molecule has 1 fully saturated rings. The van der Waals surface area contributed by atoms with Gasteiger partial charge in [0.1, 0.15) is 0 Å².